The monoisotopic (exact) mass is 426 g/mol. The first kappa shape index (κ1) is 20.3. The van der Waals surface area contributed by atoms with Crippen LogP contribution in [0.2, 0.25) is 5.02 Å². The average molecular weight is 427 g/mol. The summed E-state index contributed by atoms with van der Waals surface area (Å²) in [6.45, 7) is 1.68. The van der Waals surface area contributed by atoms with E-state index in [9.17, 15) is 18.0 Å². The van der Waals surface area contributed by atoms with Crippen LogP contribution in [0.5, 0.6) is 0 Å². The fourth-order valence-electron chi connectivity index (χ4n) is 3.90. The molecule has 1 aliphatic heterocycles. The van der Waals surface area contributed by atoms with Crippen molar-refractivity contribution in [3.63, 3.8) is 0 Å². The number of alkyl halides is 3. The summed E-state index contributed by atoms with van der Waals surface area (Å²) in [5.74, 6) is -0.196. The smallest absolute Gasteiger partial charge is 0.381 e. The first-order chi connectivity index (χ1) is 13.8. The maximum atomic E-state index is 13.8. The number of ether oxygens (including phenoxy) is 1. The number of benzene rings is 1. The number of amides is 1. The van der Waals surface area contributed by atoms with Crippen molar-refractivity contribution in [1.29, 1.82) is 0 Å². The SMILES string of the molecule is CN(CC1CCOC1)C(=O)c1c(-c2ccc(Cl)cc2)cc(C(F)(F)F)n1C1CC1. The Kier molecular flexibility index (Phi) is 5.38. The van der Waals surface area contributed by atoms with Gasteiger partial charge in [-0.15, -0.1) is 0 Å². The zero-order chi connectivity index (χ0) is 20.8. The molecule has 0 spiro atoms. The molecule has 156 valence electrons. The molecule has 29 heavy (non-hydrogen) atoms. The minimum atomic E-state index is -4.54. The Hall–Kier alpha value is -1.99. The normalized spacial score (nSPS) is 19.6. The Bertz CT molecular complexity index is 898. The quantitative estimate of drug-likeness (QED) is 0.652. The number of halogens is 4. The lowest BCUT2D eigenvalue weighted by Crippen LogP contribution is -2.34. The van der Waals surface area contributed by atoms with Gasteiger partial charge in [-0.25, -0.2) is 0 Å². The van der Waals surface area contributed by atoms with E-state index in [1.165, 1.54) is 9.47 Å². The summed E-state index contributed by atoms with van der Waals surface area (Å²) in [4.78, 5) is 14.9. The van der Waals surface area contributed by atoms with Crippen molar-refractivity contribution < 1.29 is 22.7 Å². The molecule has 1 aliphatic carbocycles. The topological polar surface area (TPSA) is 34.5 Å². The van der Waals surface area contributed by atoms with Crippen LogP contribution in [0.1, 0.15) is 41.5 Å². The highest BCUT2D eigenvalue weighted by molar-refractivity contribution is 6.30. The lowest BCUT2D eigenvalue weighted by atomic mass is 10.0. The first-order valence-electron chi connectivity index (χ1n) is 9.67. The summed E-state index contributed by atoms with van der Waals surface area (Å²) in [6.07, 6.45) is -2.42. The van der Waals surface area contributed by atoms with E-state index >= 15 is 0 Å². The molecule has 8 heteroatoms. The molecule has 0 N–H and O–H groups in total. The van der Waals surface area contributed by atoms with E-state index < -0.39 is 17.8 Å². The molecule has 4 rings (SSSR count). The van der Waals surface area contributed by atoms with Gasteiger partial charge in [-0.2, -0.15) is 13.2 Å². The Balaban J connectivity index is 1.79. The van der Waals surface area contributed by atoms with E-state index in [4.69, 9.17) is 16.3 Å². The van der Waals surface area contributed by atoms with E-state index in [2.05, 4.69) is 0 Å². The maximum absolute atomic E-state index is 13.8. The zero-order valence-corrected chi connectivity index (χ0v) is 16.8. The van der Waals surface area contributed by atoms with Crippen molar-refractivity contribution >= 4 is 17.5 Å². The molecule has 1 saturated carbocycles. The van der Waals surface area contributed by atoms with Crippen LogP contribution in [0, 0.1) is 5.92 Å². The van der Waals surface area contributed by atoms with Crippen LogP contribution in [0.4, 0.5) is 13.2 Å². The van der Waals surface area contributed by atoms with Gasteiger partial charge >= 0.3 is 6.18 Å². The molecule has 1 atom stereocenters. The molecule has 2 aliphatic rings. The minimum Gasteiger partial charge on any atom is -0.381 e. The molecule has 1 unspecified atom stereocenters. The maximum Gasteiger partial charge on any atom is 0.431 e. The summed E-state index contributed by atoms with van der Waals surface area (Å²) < 4.78 is 48.0. The van der Waals surface area contributed by atoms with Gasteiger partial charge in [0, 0.05) is 42.7 Å². The fraction of sp³-hybridized carbons (Fsp3) is 0.476. The van der Waals surface area contributed by atoms with Crippen LogP contribution in [0.25, 0.3) is 11.1 Å². The van der Waals surface area contributed by atoms with Crippen LogP contribution in [0.3, 0.4) is 0 Å². The number of carbonyl (C=O) groups is 1. The second-order valence-electron chi connectivity index (χ2n) is 7.81. The average Bonchev–Trinajstić information content (AvgIpc) is 3.22. The summed E-state index contributed by atoms with van der Waals surface area (Å²) in [5.41, 5.74) is 0.162. The Morgan fingerprint density at radius 3 is 2.48 bits per heavy atom. The molecule has 1 amide bonds. The molecule has 0 bridgehead atoms. The number of rotatable bonds is 5. The van der Waals surface area contributed by atoms with E-state index in [0.29, 0.717) is 48.7 Å². The van der Waals surface area contributed by atoms with Crippen molar-refractivity contribution in [2.75, 3.05) is 26.8 Å². The number of carbonyl (C=O) groups excluding carboxylic acids is 1. The minimum absolute atomic E-state index is 0.101. The van der Waals surface area contributed by atoms with Gasteiger partial charge in [-0.3, -0.25) is 4.79 Å². The molecule has 2 heterocycles. The van der Waals surface area contributed by atoms with Crippen molar-refractivity contribution in [2.24, 2.45) is 5.92 Å². The summed E-state index contributed by atoms with van der Waals surface area (Å²) in [7, 11) is 1.64. The van der Waals surface area contributed by atoms with Gasteiger partial charge in [0.15, 0.2) is 0 Å². The van der Waals surface area contributed by atoms with Crippen molar-refractivity contribution in [1.82, 2.24) is 9.47 Å². The van der Waals surface area contributed by atoms with Gasteiger partial charge in [0.2, 0.25) is 0 Å². The molecule has 2 aromatic rings. The standard InChI is InChI=1S/C21H22ClF3N2O2/c1-26(11-13-8-9-29-12-13)20(28)19-17(14-2-4-15(22)5-3-14)10-18(21(23,24)25)27(19)16-6-7-16/h2-5,10,13,16H,6-9,11-12H2,1H3. The van der Waals surface area contributed by atoms with E-state index in [1.54, 1.807) is 31.3 Å². The van der Waals surface area contributed by atoms with Crippen molar-refractivity contribution in [3.05, 3.63) is 46.7 Å². The number of nitrogens with zero attached hydrogens (tertiary/aromatic N) is 2. The largest absolute Gasteiger partial charge is 0.431 e. The highest BCUT2D eigenvalue weighted by Gasteiger charge is 2.43. The molecule has 0 radical (unpaired) electrons. The van der Waals surface area contributed by atoms with Crippen molar-refractivity contribution in [2.45, 2.75) is 31.5 Å². The highest BCUT2D eigenvalue weighted by Crippen LogP contribution is 2.45. The molecule has 4 nitrogen and oxygen atoms in total. The van der Waals surface area contributed by atoms with E-state index in [-0.39, 0.29) is 17.7 Å². The predicted molar refractivity (Wildman–Crippen MR) is 104 cm³/mol. The lowest BCUT2D eigenvalue weighted by molar-refractivity contribution is -0.143. The predicted octanol–water partition coefficient (Wildman–Crippen LogP) is 5.27. The fourth-order valence-corrected chi connectivity index (χ4v) is 4.03. The number of hydrogen-bond acceptors (Lipinski definition) is 2. The van der Waals surface area contributed by atoms with Crippen LogP contribution < -0.4 is 0 Å². The molecule has 1 aromatic heterocycles. The molecular weight excluding hydrogens is 405 g/mol. The van der Waals surface area contributed by atoms with E-state index in [0.717, 1.165) is 12.5 Å². The molecule has 2 fully saturated rings. The molecule has 1 saturated heterocycles. The molecular formula is C21H22ClF3N2O2. The second-order valence-corrected chi connectivity index (χ2v) is 8.25. The van der Waals surface area contributed by atoms with Crippen molar-refractivity contribution in [3.8, 4) is 11.1 Å². The first-order valence-corrected chi connectivity index (χ1v) is 10.0. The Morgan fingerprint density at radius 2 is 1.93 bits per heavy atom. The van der Waals surface area contributed by atoms with Gasteiger partial charge < -0.3 is 14.2 Å². The number of aromatic nitrogens is 1. The van der Waals surface area contributed by atoms with Gasteiger partial charge in [-0.1, -0.05) is 23.7 Å². The van der Waals surface area contributed by atoms with Gasteiger partial charge in [-0.05, 0) is 43.0 Å². The van der Waals surface area contributed by atoms with Crippen LogP contribution in [-0.4, -0.2) is 42.2 Å². The highest BCUT2D eigenvalue weighted by atomic mass is 35.5. The van der Waals surface area contributed by atoms with Crippen LogP contribution in [-0.2, 0) is 10.9 Å². The zero-order valence-electron chi connectivity index (χ0n) is 16.0. The Morgan fingerprint density at radius 1 is 1.24 bits per heavy atom. The third-order valence-corrected chi connectivity index (χ3v) is 5.75. The lowest BCUT2D eigenvalue weighted by Gasteiger charge is -2.23. The van der Waals surface area contributed by atoms with Crippen LogP contribution >= 0.6 is 11.6 Å². The molecule has 1 aromatic carbocycles. The van der Waals surface area contributed by atoms with Gasteiger partial charge in [0.25, 0.3) is 5.91 Å². The Labute approximate surface area is 172 Å². The third-order valence-electron chi connectivity index (χ3n) is 5.50. The van der Waals surface area contributed by atoms with E-state index in [1.807, 2.05) is 0 Å². The van der Waals surface area contributed by atoms with Gasteiger partial charge in [0.05, 0.1) is 6.61 Å². The summed E-state index contributed by atoms with van der Waals surface area (Å²) >= 11 is 5.94. The number of hydrogen-bond donors (Lipinski definition) is 0. The summed E-state index contributed by atoms with van der Waals surface area (Å²) in [5, 5.41) is 0.484. The third kappa shape index (κ3) is 4.16. The van der Waals surface area contributed by atoms with Gasteiger partial charge in [0.1, 0.15) is 11.4 Å². The van der Waals surface area contributed by atoms with Crippen LogP contribution in [0.15, 0.2) is 30.3 Å². The second kappa shape index (κ2) is 7.69. The summed E-state index contributed by atoms with van der Waals surface area (Å²) in [6, 6.07) is 7.34.